The van der Waals surface area contributed by atoms with Crippen molar-refractivity contribution in [3.8, 4) is 0 Å². The third-order valence-electron chi connectivity index (χ3n) is 7.81. The smallest absolute Gasteiger partial charge is 0.351 e. The zero-order chi connectivity index (χ0) is 27.9. The number of hydrogen-bond acceptors (Lipinski definition) is 7. The van der Waals surface area contributed by atoms with E-state index in [1.165, 1.54) is 12.3 Å². The van der Waals surface area contributed by atoms with Crippen LogP contribution in [0.2, 0.25) is 36.3 Å². The van der Waals surface area contributed by atoms with E-state index < -0.39 is 46.4 Å². The minimum atomic E-state index is -2.60. The molecule has 0 aliphatic carbocycles. The van der Waals surface area contributed by atoms with Gasteiger partial charge in [0.2, 0.25) is 0 Å². The van der Waals surface area contributed by atoms with Crippen LogP contribution >= 0.6 is 0 Å². The summed E-state index contributed by atoms with van der Waals surface area (Å²) in [6.45, 7) is 24.2. The van der Waals surface area contributed by atoms with Crippen LogP contribution in [0.25, 0.3) is 10.4 Å². The molecule has 0 spiro atoms. The molecule has 1 fully saturated rings. The van der Waals surface area contributed by atoms with Gasteiger partial charge in [-0.2, -0.15) is 4.98 Å². The number of hydrogen-bond donors (Lipinski definition) is 1. The number of halogens is 1. The highest BCUT2D eigenvalue weighted by Crippen LogP contribution is 2.49. The van der Waals surface area contributed by atoms with Gasteiger partial charge in [-0.3, -0.25) is 4.57 Å². The number of nitrogens with two attached hydrogens (primary N) is 1. The maximum absolute atomic E-state index is 16.4. The summed E-state index contributed by atoms with van der Waals surface area (Å²) in [4.78, 5) is 19.2. The number of ether oxygens (including phenoxy) is 1. The molecule has 1 aromatic rings. The van der Waals surface area contributed by atoms with Gasteiger partial charge in [-0.25, -0.2) is 9.18 Å². The van der Waals surface area contributed by atoms with E-state index >= 15 is 4.39 Å². The first-order valence-corrected chi connectivity index (χ1v) is 17.7. The van der Waals surface area contributed by atoms with Gasteiger partial charge in [0.25, 0.3) is 0 Å². The quantitative estimate of drug-likeness (QED) is 0.195. The molecule has 2 heterocycles. The van der Waals surface area contributed by atoms with Gasteiger partial charge in [-0.15, -0.1) is 0 Å². The highest BCUT2D eigenvalue weighted by molar-refractivity contribution is 6.74. The molecule has 0 radical (unpaired) electrons. The summed E-state index contributed by atoms with van der Waals surface area (Å²) in [6, 6.07) is 1.38. The molecule has 202 valence electrons. The van der Waals surface area contributed by atoms with E-state index in [2.05, 4.69) is 55.5 Å². The Kier molecular flexibility index (Phi) is 8.41. The number of nitrogens with zero attached hydrogens (tertiary/aromatic N) is 5. The molecule has 10 nitrogen and oxygen atoms in total. The summed E-state index contributed by atoms with van der Waals surface area (Å²) in [5.41, 5.74) is 12.4. The molecule has 1 aromatic heterocycles. The molecule has 0 aromatic carbocycles. The summed E-state index contributed by atoms with van der Waals surface area (Å²) >= 11 is 0. The largest absolute Gasteiger partial charge is 0.413 e. The Morgan fingerprint density at radius 2 is 1.83 bits per heavy atom. The lowest BCUT2D eigenvalue weighted by atomic mass is 9.94. The van der Waals surface area contributed by atoms with Crippen LogP contribution in [-0.2, 0) is 13.6 Å². The second-order valence-corrected chi connectivity index (χ2v) is 21.9. The van der Waals surface area contributed by atoms with Crippen molar-refractivity contribution in [1.82, 2.24) is 9.55 Å². The van der Waals surface area contributed by atoms with E-state index in [9.17, 15) is 10.3 Å². The molecule has 36 heavy (non-hydrogen) atoms. The van der Waals surface area contributed by atoms with Crippen molar-refractivity contribution in [2.75, 3.05) is 12.3 Å². The number of aromatic nitrogens is 2. The number of anilines is 1. The van der Waals surface area contributed by atoms with Crippen molar-refractivity contribution in [1.29, 1.82) is 0 Å². The fraction of sp³-hybridized carbons (Fsp3) is 0.739. The van der Waals surface area contributed by atoms with Gasteiger partial charge in [-0.1, -0.05) is 53.2 Å². The van der Waals surface area contributed by atoms with Crippen LogP contribution in [-0.4, -0.2) is 50.7 Å². The Bertz CT molecular complexity index is 1090. The summed E-state index contributed by atoms with van der Waals surface area (Å²) in [6.07, 6.45) is -3.17. The van der Waals surface area contributed by atoms with Gasteiger partial charge in [-0.05, 0) is 47.9 Å². The molecule has 2 rings (SSSR count). The standard InChI is InChI=1S/C23H41FN6O4Si2/c1-15(28-29-26)23(14-32-35(8,9)21(2,3)4)18(34-36(10,11)22(5,6)7)17(24)19(33-23)30-13-12-16(25)27-20(30)31/h12-13,17-19H,1,14H2,2-11H3,(H2,25,27,31)/t17-,18?,19-,23+/m1/s1. The summed E-state index contributed by atoms with van der Waals surface area (Å²) < 4.78 is 36.8. The molecule has 2 N–H and O–H groups in total. The van der Waals surface area contributed by atoms with Crippen LogP contribution in [0.1, 0.15) is 47.8 Å². The van der Waals surface area contributed by atoms with Crippen molar-refractivity contribution < 1.29 is 18.0 Å². The Hall–Kier alpha value is -2.03. The van der Waals surface area contributed by atoms with E-state index in [1.807, 2.05) is 33.9 Å². The predicted octanol–water partition coefficient (Wildman–Crippen LogP) is 5.67. The van der Waals surface area contributed by atoms with Crippen molar-refractivity contribution in [2.45, 2.75) is 102 Å². The topological polar surface area (TPSA) is 137 Å². The molecule has 0 saturated carbocycles. The second kappa shape index (κ2) is 10.0. The molecule has 1 aliphatic heterocycles. The summed E-state index contributed by atoms with van der Waals surface area (Å²) in [5.74, 6) is 0.00439. The Labute approximate surface area is 214 Å². The Morgan fingerprint density at radius 3 is 2.31 bits per heavy atom. The average Bonchev–Trinajstić information content (AvgIpc) is 2.98. The van der Waals surface area contributed by atoms with Crippen LogP contribution in [0.3, 0.4) is 0 Å². The third kappa shape index (κ3) is 5.76. The predicted molar refractivity (Wildman–Crippen MR) is 144 cm³/mol. The van der Waals surface area contributed by atoms with E-state index in [1.54, 1.807) is 0 Å². The zero-order valence-electron chi connectivity index (χ0n) is 23.1. The van der Waals surface area contributed by atoms with E-state index in [0.717, 1.165) is 4.57 Å². The lowest BCUT2D eigenvalue weighted by Gasteiger charge is -2.45. The van der Waals surface area contributed by atoms with Crippen LogP contribution < -0.4 is 11.4 Å². The van der Waals surface area contributed by atoms with E-state index in [0.29, 0.717) is 0 Å². The molecule has 1 saturated heterocycles. The first kappa shape index (κ1) is 30.2. The minimum Gasteiger partial charge on any atom is -0.413 e. The van der Waals surface area contributed by atoms with Gasteiger partial charge in [0, 0.05) is 16.8 Å². The molecule has 1 aliphatic rings. The number of rotatable bonds is 8. The van der Waals surface area contributed by atoms with Crippen LogP contribution in [0.5, 0.6) is 0 Å². The molecule has 0 amide bonds. The van der Waals surface area contributed by atoms with Gasteiger partial charge in [0.1, 0.15) is 17.5 Å². The van der Waals surface area contributed by atoms with Crippen LogP contribution in [0.4, 0.5) is 10.2 Å². The molecule has 0 bridgehead atoms. The monoisotopic (exact) mass is 540 g/mol. The fourth-order valence-corrected chi connectivity index (χ4v) is 5.63. The Balaban J connectivity index is 2.72. The number of nitrogen functional groups attached to an aromatic ring is 1. The normalized spacial score (nSPS) is 25.5. The van der Waals surface area contributed by atoms with Gasteiger partial charge in [0.15, 0.2) is 29.0 Å². The summed E-state index contributed by atoms with van der Waals surface area (Å²) in [7, 11) is -4.97. The Morgan fingerprint density at radius 1 is 1.28 bits per heavy atom. The molecular formula is C23H41FN6O4Si2. The lowest BCUT2D eigenvalue weighted by Crippen LogP contribution is -2.57. The van der Waals surface area contributed by atoms with E-state index in [-0.39, 0.29) is 28.2 Å². The second-order valence-electron chi connectivity index (χ2n) is 12.4. The van der Waals surface area contributed by atoms with Gasteiger partial charge >= 0.3 is 5.69 Å². The van der Waals surface area contributed by atoms with Crippen molar-refractivity contribution in [3.63, 3.8) is 0 Å². The first-order valence-electron chi connectivity index (χ1n) is 11.9. The molecule has 1 unspecified atom stereocenters. The summed E-state index contributed by atoms with van der Waals surface area (Å²) in [5, 5.41) is 3.30. The lowest BCUT2D eigenvalue weighted by molar-refractivity contribution is -0.101. The zero-order valence-corrected chi connectivity index (χ0v) is 25.1. The first-order chi connectivity index (χ1) is 16.2. The highest BCUT2D eigenvalue weighted by Gasteiger charge is 2.61. The average molecular weight is 541 g/mol. The van der Waals surface area contributed by atoms with Crippen molar-refractivity contribution >= 4 is 22.5 Å². The fourth-order valence-electron chi connectivity index (χ4n) is 3.31. The van der Waals surface area contributed by atoms with Crippen LogP contribution in [0.15, 0.2) is 34.4 Å². The van der Waals surface area contributed by atoms with Crippen molar-refractivity contribution in [2.24, 2.45) is 5.11 Å². The minimum absolute atomic E-state index is 0.00439. The van der Waals surface area contributed by atoms with Gasteiger partial charge < -0.3 is 19.3 Å². The maximum atomic E-state index is 16.4. The third-order valence-corrected chi connectivity index (χ3v) is 16.7. The molecule has 13 heteroatoms. The number of alkyl halides is 1. The maximum Gasteiger partial charge on any atom is 0.351 e. The molecule has 4 atom stereocenters. The number of azide groups is 1. The van der Waals surface area contributed by atoms with Crippen molar-refractivity contribution in [3.05, 3.63) is 45.5 Å². The highest BCUT2D eigenvalue weighted by atomic mass is 28.4. The molecular weight excluding hydrogens is 499 g/mol. The van der Waals surface area contributed by atoms with Crippen LogP contribution in [0, 0.1) is 0 Å². The SMILES string of the molecule is C=C(N=[N+]=[N-])[C@]1(CO[Si](C)(C)C(C)(C)C)O[C@@H](n2ccc(N)nc2=O)[C@H](F)C1O[Si](C)(C)C(C)(C)C. The van der Waals surface area contributed by atoms with E-state index in [4.69, 9.17) is 19.3 Å². The van der Waals surface area contributed by atoms with Gasteiger partial charge in [0.05, 0.1) is 6.61 Å².